The van der Waals surface area contributed by atoms with Crippen molar-refractivity contribution in [3.05, 3.63) is 28.6 Å². The molecule has 7 heteroatoms. The van der Waals surface area contributed by atoms with Gasteiger partial charge < -0.3 is 20.1 Å². The van der Waals surface area contributed by atoms with Crippen LogP contribution in [0.2, 0.25) is 0 Å². The lowest BCUT2D eigenvalue weighted by Crippen LogP contribution is -2.22. The van der Waals surface area contributed by atoms with Crippen molar-refractivity contribution in [3.8, 4) is 11.5 Å². The zero-order valence-corrected chi connectivity index (χ0v) is 15.8. The van der Waals surface area contributed by atoms with E-state index in [1.807, 2.05) is 25.2 Å². The van der Waals surface area contributed by atoms with Gasteiger partial charge in [-0.25, -0.2) is 4.98 Å². The van der Waals surface area contributed by atoms with Crippen LogP contribution < -0.4 is 20.1 Å². The summed E-state index contributed by atoms with van der Waals surface area (Å²) >= 11 is 1.58. The van der Waals surface area contributed by atoms with Crippen LogP contribution in [0.4, 0.5) is 10.9 Å². The minimum absolute atomic E-state index is 0.00969. The maximum absolute atomic E-state index is 12.2. The SMILES string of the molecule is CNc1nc2c(s1)C(c1ccc(OC)c(OC3CCCC3)c1)CC(=O)N2. The van der Waals surface area contributed by atoms with E-state index in [0.717, 1.165) is 39.9 Å². The zero-order chi connectivity index (χ0) is 18.1. The van der Waals surface area contributed by atoms with Crippen LogP contribution >= 0.6 is 11.3 Å². The van der Waals surface area contributed by atoms with Gasteiger partial charge in [0.15, 0.2) is 16.6 Å². The second-order valence-corrected chi connectivity index (χ2v) is 7.75. The summed E-state index contributed by atoms with van der Waals surface area (Å²) in [5.41, 5.74) is 1.06. The van der Waals surface area contributed by atoms with E-state index in [9.17, 15) is 4.79 Å². The maximum Gasteiger partial charge on any atom is 0.226 e. The van der Waals surface area contributed by atoms with Crippen LogP contribution in [0.1, 0.15) is 48.5 Å². The molecule has 0 saturated heterocycles. The second-order valence-electron chi connectivity index (χ2n) is 6.72. The molecule has 1 aliphatic heterocycles. The normalized spacial score (nSPS) is 19.8. The Morgan fingerprint density at radius 2 is 2.08 bits per heavy atom. The highest BCUT2D eigenvalue weighted by Crippen LogP contribution is 2.44. The van der Waals surface area contributed by atoms with Gasteiger partial charge in [0, 0.05) is 19.4 Å². The number of nitrogens with one attached hydrogen (secondary N) is 2. The molecule has 0 bridgehead atoms. The lowest BCUT2D eigenvalue weighted by Gasteiger charge is -2.23. The van der Waals surface area contributed by atoms with Crippen LogP contribution in [0, 0.1) is 0 Å². The monoisotopic (exact) mass is 373 g/mol. The number of carbonyl (C=O) groups excluding carboxylic acids is 1. The summed E-state index contributed by atoms with van der Waals surface area (Å²) in [5.74, 6) is 2.14. The average molecular weight is 373 g/mol. The number of anilines is 2. The molecule has 2 N–H and O–H groups in total. The first kappa shape index (κ1) is 17.1. The highest BCUT2D eigenvalue weighted by Gasteiger charge is 2.31. The third kappa shape index (κ3) is 3.23. The smallest absolute Gasteiger partial charge is 0.226 e. The fourth-order valence-corrected chi connectivity index (χ4v) is 4.69. The van der Waals surface area contributed by atoms with Crippen molar-refractivity contribution in [2.75, 3.05) is 24.8 Å². The number of ether oxygens (including phenoxy) is 2. The number of amides is 1. The Balaban J connectivity index is 1.69. The summed E-state index contributed by atoms with van der Waals surface area (Å²) in [7, 11) is 3.49. The predicted molar refractivity (Wildman–Crippen MR) is 103 cm³/mol. The van der Waals surface area contributed by atoms with E-state index in [1.54, 1.807) is 18.4 Å². The number of hydrogen-bond donors (Lipinski definition) is 2. The molecule has 1 fully saturated rings. The largest absolute Gasteiger partial charge is 0.493 e. The van der Waals surface area contributed by atoms with Crippen LogP contribution in [0.25, 0.3) is 0 Å². The van der Waals surface area contributed by atoms with Gasteiger partial charge in [-0.1, -0.05) is 17.4 Å². The number of nitrogens with zero attached hydrogens (tertiary/aromatic N) is 1. The minimum Gasteiger partial charge on any atom is -0.493 e. The standard InChI is InChI=1S/C19H23N3O3S/c1-20-19-22-18-17(26-19)13(10-16(23)21-18)11-7-8-14(24-2)15(9-11)25-12-5-3-4-6-12/h7-9,12-13H,3-6,10H2,1-2H3,(H,20,22)(H,21,23). The third-order valence-corrected chi connectivity index (χ3v) is 6.20. The fraction of sp³-hybridized carbons (Fsp3) is 0.474. The number of methoxy groups -OCH3 is 1. The molecule has 1 aromatic heterocycles. The fourth-order valence-electron chi connectivity index (χ4n) is 3.68. The molecule has 1 atom stereocenters. The summed E-state index contributed by atoms with van der Waals surface area (Å²) in [6, 6.07) is 5.99. The third-order valence-electron chi connectivity index (χ3n) is 5.02. The van der Waals surface area contributed by atoms with Crippen molar-refractivity contribution in [1.29, 1.82) is 0 Å². The lowest BCUT2D eigenvalue weighted by molar-refractivity contribution is -0.116. The average Bonchev–Trinajstić information content (AvgIpc) is 3.30. The van der Waals surface area contributed by atoms with E-state index in [0.29, 0.717) is 12.2 Å². The van der Waals surface area contributed by atoms with E-state index in [-0.39, 0.29) is 17.9 Å². The number of benzene rings is 1. The molecule has 1 saturated carbocycles. The number of carbonyl (C=O) groups is 1. The molecule has 6 nitrogen and oxygen atoms in total. The Labute approximate surface area is 156 Å². The highest BCUT2D eigenvalue weighted by molar-refractivity contribution is 7.16. The van der Waals surface area contributed by atoms with Gasteiger partial charge in [-0.15, -0.1) is 0 Å². The quantitative estimate of drug-likeness (QED) is 0.829. The van der Waals surface area contributed by atoms with E-state index >= 15 is 0 Å². The molecule has 2 aliphatic rings. The summed E-state index contributed by atoms with van der Waals surface area (Å²) in [5, 5.41) is 6.74. The second kappa shape index (κ2) is 7.15. The highest BCUT2D eigenvalue weighted by atomic mass is 32.1. The van der Waals surface area contributed by atoms with Gasteiger partial charge >= 0.3 is 0 Å². The molecule has 1 amide bonds. The van der Waals surface area contributed by atoms with Crippen molar-refractivity contribution in [1.82, 2.24) is 4.98 Å². The molecule has 26 heavy (non-hydrogen) atoms. The van der Waals surface area contributed by atoms with Crippen LogP contribution in [-0.4, -0.2) is 31.2 Å². The zero-order valence-electron chi connectivity index (χ0n) is 15.0. The van der Waals surface area contributed by atoms with Crippen LogP contribution in [0.15, 0.2) is 18.2 Å². The van der Waals surface area contributed by atoms with Crippen molar-refractivity contribution in [2.24, 2.45) is 0 Å². The van der Waals surface area contributed by atoms with Crippen molar-refractivity contribution in [3.63, 3.8) is 0 Å². The van der Waals surface area contributed by atoms with Crippen LogP contribution in [-0.2, 0) is 4.79 Å². The Morgan fingerprint density at radius 3 is 2.81 bits per heavy atom. The molecule has 1 unspecified atom stereocenters. The molecule has 138 valence electrons. The van der Waals surface area contributed by atoms with Crippen LogP contribution in [0.5, 0.6) is 11.5 Å². The van der Waals surface area contributed by atoms with Crippen molar-refractivity contribution in [2.45, 2.75) is 44.1 Å². The number of thiazole rings is 1. The van der Waals surface area contributed by atoms with Gasteiger partial charge in [-0.2, -0.15) is 0 Å². The van der Waals surface area contributed by atoms with E-state index < -0.39 is 0 Å². The first-order valence-electron chi connectivity index (χ1n) is 9.01. The van der Waals surface area contributed by atoms with Gasteiger partial charge in [-0.05, 0) is 43.4 Å². The molecule has 1 aromatic carbocycles. The number of rotatable bonds is 5. The maximum atomic E-state index is 12.2. The molecule has 4 rings (SSSR count). The molecule has 1 aliphatic carbocycles. The molecular weight excluding hydrogens is 350 g/mol. The topological polar surface area (TPSA) is 72.5 Å². The van der Waals surface area contributed by atoms with Gasteiger partial charge in [0.05, 0.1) is 18.1 Å². The number of fused-ring (bicyclic) bond motifs is 1. The van der Waals surface area contributed by atoms with Gasteiger partial charge in [0.25, 0.3) is 0 Å². The lowest BCUT2D eigenvalue weighted by atomic mass is 9.91. The molecular formula is C19H23N3O3S. The number of aromatic nitrogens is 1. The minimum atomic E-state index is -0.0183. The molecule has 0 radical (unpaired) electrons. The Bertz CT molecular complexity index is 814. The Morgan fingerprint density at radius 1 is 1.27 bits per heavy atom. The summed E-state index contributed by atoms with van der Waals surface area (Å²) in [6.07, 6.45) is 5.27. The summed E-state index contributed by atoms with van der Waals surface area (Å²) in [4.78, 5) is 17.7. The van der Waals surface area contributed by atoms with Crippen molar-refractivity contribution >= 4 is 28.2 Å². The van der Waals surface area contributed by atoms with E-state index in [1.165, 1.54) is 12.8 Å². The molecule has 0 spiro atoms. The Kier molecular flexibility index (Phi) is 4.72. The van der Waals surface area contributed by atoms with Crippen molar-refractivity contribution < 1.29 is 14.3 Å². The van der Waals surface area contributed by atoms with Gasteiger partial charge in [-0.3, -0.25) is 4.79 Å². The van der Waals surface area contributed by atoms with E-state index in [2.05, 4.69) is 15.6 Å². The first-order chi connectivity index (χ1) is 12.7. The van der Waals surface area contributed by atoms with E-state index in [4.69, 9.17) is 9.47 Å². The molecule has 2 aromatic rings. The summed E-state index contributed by atoms with van der Waals surface area (Å²) < 4.78 is 11.7. The van der Waals surface area contributed by atoms with Gasteiger partial charge in [0.2, 0.25) is 5.91 Å². The van der Waals surface area contributed by atoms with Crippen LogP contribution in [0.3, 0.4) is 0 Å². The first-order valence-corrected chi connectivity index (χ1v) is 9.82. The molecule has 2 heterocycles. The predicted octanol–water partition coefficient (Wildman–Crippen LogP) is 3.99. The Hall–Kier alpha value is -2.28. The number of hydrogen-bond acceptors (Lipinski definition) is 6. The van der Waals surface area contributed by atoms with Gasteiger partial charge in [0.1, 0.15) is 5.82 Å². The summed E-state index contributed by atoms with van der Waals surface area (Å²) in [6.45, 7) is 0.